The van der Waals surface area contributed by atoms with Crippen molar-refractivity contribution in [1.29, 1.82) is 0 Å². The molecule has 1 aromatic carbocycles. The number of hydrogen-bond acceptors (Lipinski definition) is 2. The summed E-state index contributed by atoms with van der Waals surface area (Å²) in [4.78, 5) is 11.1. The third-order valence-corrected chi connectivity index (χ3v) is 2.99. The molecule has 8 heteroatoms. The average molecular weight is 311 g/mol. The molecule has 0 fully saturated rings. The number of rotatable bonds is 0. The Kier molecular flexibility index (Phi) is 2.58. The zero-order chi connectivity index (χ0) is 12.8. The van der Waals surface area contributed by atoms with E-state index in [0.29, 0.717) is 0 Å². The van der Waals surface area contributed by atoms with E-state index in [0.717, 1.165) is 0 Å². The Balaban J connectivity index is 2.70. The zero-order valence-electron chi connectivity index (χ0n) is 8.10. The monoisotopic (exact) mass is 310 g/mol. The number of halogens is 4. The Bertz CT molecular complexity index is 492. The van der Waals surface area contributed by atoms with E-state index in [-0.39, 0.29) is 10.2 Å². The molecule has 1 aromatic rings. The molecule has 1 atom stereocenters. The number of carbonyl (C=O) groups excluding carboxylic acids is 1. The summed E-state index contributed by atoms with van der Waals surface area (Å²) in [5.41, 5.74) is -3.96. The Hall–Kier alpha value is -1.28. The first-order valence-corrected chi connectivity index (χ1v) is 5.22. The first-order chi connectivity index (χ1) is 7.75. The maximum absolute atomic E-state index is 12.8. The zero-order valence-corrected chi connectivity index (χ0v) is 9.69. The Morgan fingerprint density at radius 3 is 2.59 bits per heavy atom. The molecular weight excluding hydrogens is 305 g/mol. The molecule has 4 nitrogen and oxygen atoms in total. The summed E-state index contributed by atoms with van der Waals surface area (Å²) in [6, 6.07) is 2.95. The fraction of sp³-hybridized carbons (Fsp3) is 0.222. The molecule has 0 spiro atoms. The smallest absolute Gasteiger partial charge is 0.360 e. The van der Waals surface area contributed by atoms with Gasteiger partial charge in [0.1, 0.15) is 0 Å². The van der Waals surface area contributed by atoms with Crippen molar-refractivity contribution in [3.8, 4) is 0 Å². The van der Waals surface area contributed by atoms with Crippen LogP contribution in [-0.4, -0.2) is 17.3 Å². The van der Waals surface area contributed by atoms with Crippen LogP contribution in [0.25, 0.3) is 0 Å². The molecular formula is C9H6BrF3N2O2. The molecule has 1 aliphatic rings. The van der Waals surface area contributed by atoms with E-state index in [2.05, 4.69) is 21.2 Å². The fourth-order valence-electron chi connectivity index (χ4n) is 1.59. The van der Waals surface area contributed by atoms with Gasteiger partial charge in [-0.15, -0.1) is 0 Å². The highest BCUT2D eigenvalue weighted by Gasteiger charge is 2.59. The highest BCUT2D eigenvalue weighted by molar-refractivity contribution is 9.10. The molecule has 1 aliphatic heterocycles. The van der Waals surface area contributed by atoms with E-state index in [1.54, 1.807) is 0 Å². The van der Waals surface area contributed by atoms with Crippen LogP contribution in [0, 0.1) is 0 Å². The molecule has 2 amide bonds. The number of nitrogens with one attached hydrogen (secondary N) is 2. The van der Waals surface area contributed by atoms with Gasteiger partial charge in [-0.1, -0.05) is 22.0 Å². The number of carbonyl (C=O) groups is 1. The normalized spacial score (nSPS) is 23.7. The Morgan fingerprint density at radius 2 is 2.00 bits per heavy atom. The van der Waals surface area contributed by atoms with Crippen molar-refractivity contribution in [2.24, 2.45) is 0 Å². The van der Waals surface area contributed by atoms with E-state index in [9.17, 15) is 23.1 Å². The van der Waals surface area contributed by atoms with E-state index in [1.165, 1.54) is 23.5 Å². The SMILES string of the molecule is O=C1Nc2cccc(Br)c2C(O)(C(F)(F)F)N1. The fourth-order valence-corrected chi connectivity index (χ4v) is 2.24. The van der Waals surface area contributed by atoms with Crippen LogP contribution in [0.3, 0.4) is 0 Å². The summed E-state index contributed by atoms with van der Waals surface area (Å²) in [6.07, 6.45) is -5.02. The van der Waals surface area contributed by atoms with Crippen LogP contribution >= 0.6 is 15.9 Å². The lowest BCUT2D eigenvalue weighted by Gasteiger charge is -2.37. The quantitative estimate of drug-likeness (QED) is 0.688. The lowest BCUT2D eigenvalue weighted by molar-refractivity contribution is -0.275. The largest absolute Gasteiger partial charge is 0.441 e. The van der Waals surface area contributed by atoms with Crippen LogP contribution < -0.4 is 10.6 Å². The number of anilines is 1. The molecule has 0 aromatic heterocycles. The summed E-state index contributed by atoms with van der Waals surface area (Å²) in [6.45, 7) is 0. The molecule has 0 saturated heterocycles. The van der Waals surface area contributed by atoms with Gasteiger partial charge < -0.3 is 10.4 Å². The number of fused-ring (bicyclic) bond motifs is 1. The second kappa shape index (κ2) is 3.61. The van der Waals surface area contributed by atoms with E-state index < -0.39 is 23.5 Å². The number of urea groups is 1. The van der Waals surface area contributed by atoms with Crippen LogP contribution in [0.15, 0.2) is 22.7 Å². The molecule has 17 heavy (non-hydrogen) atoms. The number of amides is 2. The van der Waals surface area contributed by atoms with Crippen molar-refractivity contribution in [3.05, 3.63) is 28.2 Å². The van der Waals surface area contributed by atoms with E-state index >= 15 is 0 Å². The van der Waals surface area contributed by atoms with Crippen molar-refractivity contribution in [2.45, 2.75) is 11.9 Å². The van der Waals surface area contributed by atoms with Crippen LogP contribution in [0.2, 0.25) is 0 Å². The molecule has 92 valence electrons. The van der Waals surface area contributed by atoms with E-state index in [1.807, 2.05) is 0 Å². The first-order valence-electron chi connectivity index (χ1n) is 4.43. The Labute approximate surface area is 102 Å². The van der Waals surface area contributed by atoms with Gasteiger partial charge >= 0.3 is 12.2 Å². The van der Waals surface area contributed by atoms with Crippen LogP contribution in [0.5, 0.6) is 0 Å². The van der Waals surface area contributed by atoms with Gasteiger partial charge in [-0.3, -0.25) is 5.32 Å². The molecule has 3 N–H and O–H groups in total. The van der Waals surface area contributed by atoms with Crippen molar-refractivity contribution < 1.29 is 23.1 Å². The van der Waals surface area contributed by atoms with Gasteiger partial charge in [0.05, 0.1) is 11.3 Å². The van der Waals surface area contributed by atoms with Gasteiger partial charge in [-0.05, 0) is 12.1 Å². The minimum Gasteiger partial charge on any atom is -0.360 e. The van der Waals surface area contributed by atoms with Crippen molar-refractivity contribution in [1.82, 2.24) is 5.32 Å². The summed E-state index contributed by atoms with van der Waals surface area (Å²) < 4.78 is 38.6. The van der Waals surface area contributed by atoms with Crippen molar-refractivity contribution in [2.75, 3.05) is 5.32 Å². The number of alkyl halides is 3. The van der Waals surface area contributed by atoms with Crippen LogP contribution in [0.4, 0.5) is 23.7 Å². The standard InChI is InChI=1S/C9H6BrF3N2O2/c10-4-2-1-3-5-6(4)8(17,9(11,12)13)15-7(16)14-5/h1-3,17H,(H2,14,15,16). The lowest BCUT2D eigenvalue weighted by atomic mass is 9.98. The highest BCUT2D eigenvalue weighted by atomic mass is 79.9. The lowest BCUT2D eigenvalue weighted by Crippen LogP contribution is -2.60. The van der Waals surface area contributed by atoms with Gasteiger partial charge in [0, 0.05) is 4.47 Å². The number of hydrogen-bond donors (Lipinski definition) is 3. The van der Waals surface area contributed by atoms with Gasteiger partial charge in [-0.2, -0.15) is 13.2 Å². The second-order valence-corrected chi connectivity index (χ2v) is 4.30. The van der Waals surface area contributed by atoms with Gasteiger partial charge in [0.2, 0.25) is 0 Å². The maximum Gasteiger partial charge on any atom is 0.441 e. The molecule has 0 saturated carbocycles. The van der Waals surface area contributed by atoms with Crippen LogP contribution in [-0.2, 0) is 5.72 Å². The molecule has 1 unspecified atom stereocenters. The van der Waals surface area contributed by atoms with Gasteiger partial charge in [0.25, 0.3) is 5.72 Å². The third kappa shape index (κ3) is 1.77. The average Bonchev–Trinajstić information content (AvgIpc) is 2.14. The minimum absolute atomic E-state index is 0.0438. The third-order valence-electron chi connectivity index (χ3n) is 2.33. The summed E-state index contributed by atoms with van der Waals surface area (Å²) in [5, 5.41) is 13.4. The number of benzene rings is 1. The Morgan fingerprint density at radius 1 is 1.35 bits per heavy atom. The highest BCUT2D eigenvalue weighted by Crippen LogP contribution is 2.44. The predicted molar refractivity (Wildman–Crippen MR) is 56.2 cm³/mol. The van der Waals surface area contributed by atoms with E-state index in [4.69, 9.17) is 0 Å². The predicted octanol–water partition coefficient (Wildman–Crippen LogP) is 2.29. The molecule has 0 bridgehead atoms. The van der Waals surface area contributed by atoms with Crippen molar-refractivity contribution in [3.63, 3.8) is 0 Å². The topological polar surface area (TPSA) is 61.4 Å². The molecule has 2 rings (SSSR count). The van der Waals surface area contributed by atoms with Crippen LogP contribution in [0.1, 0.15) is 5.56 Å². The first kappa shape index (κ1) is 12.2. The molecule has 0 aliphatic carbocycles. The minimum atomic E-state index is -5.02. The summed E-state index contributed by atoms with van der Waals surface area (Å²) in [5.74, 6) is 0. The summed E-state index contributed by atoms with van der Waals surface area (Å²) in [7, 11) is 0. The second-order valence-electron chi connectivity index (χ2n) is 3.45. The van der Waals surface area contributed by atoms with Crippen molar-refractivity contribution >= 4 is 27.6 Å². The van der Waals surface area contributed by atoms with Gasteiger partial charge in [0.15, 0.2) is 0 Å². The summed E-state index contributed by atoms with van der Waals surface area (Å²) >= 11 is 2.92. The maximum atomic E-state index is 12.8. The molecule has 1 heterocycles. The number of aliphatic hydroxyl groups is 1. The molecule has 0 radical (unpaired) electrons. The van der Waals surface area contributed by atoms with Gasteiger partial charge in [-0.25, -0.2) is 4.79 Å².